The summed E-state index contributed by atoms with van der Waals surface area (Å²) in [5.74, 6) is 3.39. The van der Waals surface area contributed by atoms with Gasteiger partial charge in [0, 0.05) is 40.4 Å². The predicted molar refractivity (Wildman–Crippen MR) is 212 cm³/mol. The number of benzene rings is 6. The van der Waals surface area contributed by atoms with E-state index in [1.165, 1.54) is 27.6 Å². The van der Waals surface area contributed by atoms with E-state index in [0.717, 1.165) is 73.1 Å². The topological polar surface area (TPSA) is 48.1 Å². The Bertz CT molecular complexity index is 2820. The summed E-state index contributed by atoms with van der Waals surface area (Å²) in [6, 6.07) is 49.0. The molecular formula is C46H35N5O. The number of pyridine rings is 1. The second-order valence-corrected chi connectivity index (χ2v) is 13.7. The molecule has 6 heteroatoms. The monoisotopic (exact) mass is 673 g/mol. The molecule has 0 atom stereocenters. The third-order valence-electron chi connectivity index (χ3n) is 10.3. The van der Waals surface area contributed by atoms with Gasteiger partial charge in [-0.1, -0.05) is 66.2 Å². The van der Waals surface area contributed by atoms with Gasteiger partial charge >= 0.3 is 0 Å². The molecule has 250 valence electrons. The minimum absolute atomic E-state index is 0.623. The summed E-state index contributed by atoms with van der Waals surface area (Å²) < 4.78 is 11.4. The molecule has 10 rings (SSSR count). The van der Waals surface area contributed by atoms with Crippen molar-refractivity contribution in [3.8, 4) is 39.8 Å². The van der Waals surface area contributed by atoms with Gasteiger partial charge in [-0.25, -0.2) is 9.97 Å². The van der Waals surface area contributed by atoms with Crippen molar-refractivity contribution in [1.29, 1.82) is 0 Å². The lowest BCUT2D eigenvalue weighted by Crippen LogP contribution is -2.26. The lowest BCUT2D eigenvalue weighted by Gasteiger charge is -2.33. The highest BCUT2D eigenvalue weighted by atomic mass is 16.5. The summed E-state index contributed by atoms with van der Waals surface area (Å²) in [5, 5.41) is 2.33. The first kappa shape index (κ1) is 30.2. The molecule has 0 saturated heterocycles. The van der Waals surface area contributed by atoms with Crippen LogP contribution in [0.3, 0.4) is 0 Å². The van der Waals surface area contributed by atoms with Crippen molar-refractivity contribution >= 4 is 44.2 Å². The van der Waals surface area contributed by atoms with Crippen LogP contribution >= 0.6 is 0 Å². The third kappa shape index (κ3) is 4.79. The number of hydrogen-bond donors (Lipinski definition) is 0. The van der Waals surface area contributed by atoms with Crippen LogP contribution in [-0.4, -0.2) is 19.1 Å². The smallest absolute Gasteiger partial charge is 0.144 e. The van der Waals surface area contributed by atoms with E-state index in [1.54, 1.807) is 0 Å². The van der Waals surface area contributed by atoms with Crippen LogP contribution in [-0.2, 0) is 6.67 Å². The molecule has 0 unspecified atom stereocenters. The van der Waals surface area contributed by atoms with Crippen LogP contribution in [0.25, 0.3) is 61.2 Å². The van der Waals surface area contributed by atoms with Gasteiger partial charge < -0.3 is 14.2 Å². The highest BCUT2D eigenvalue weighted by molar-refractivity contribution is 6.09. The summed E-state index contributed by atoms with van der Waals surface area (Å²) in [4.78, 5) is 12.2. The fraction of sp³-hybridized carbons (Fsp3) is 0.0870. The molecule has 0 bridgehead atoms. The number of aromatic nitrogens is 4. The average Bonchev–Trinajstić information content (AvgIpc) is 3.70. The second kappa shape index (κ2) is 11.7. The van der Waals surface area contributed by atoms with Crippen LogP contribution in [0.15, 0.2) is 146 Å². The standard InChI is InChI=1S/C46H35N5O/c1-29-22-30(2)45(31(3)23-29)32-24-33(49-28-50-42-17-9-6-14-39(42)48-46(50)38-13-5-7-15-40(38)49)26-35(25-32)52-34-19-20-37-36-12-4-8-16-41(36)51(43(37)27-34)44-18-10-11-21-47-44/h4-27H,28H2,1-3H3. The first-order valence-corrected chi connectivity index (χ1v) is 17.7. The van der Waals surface area contributed by atoms with Gasteiger partial charge in [0.25, 0.3) is 0 Å². The van der Waals surface area contributed by atoms with Crippen molar-refractivity contribution in [3.05, 3.63) is 162 Å². The van der Waals surface area contributed by atoms with E-state index in [0.29, 0.717) is 6.67 Å². The fourth-order valence-electron chi connectivity index (χ4n) is 8.22. The van der Waals surface area contributed by atoms with Crippen molar-refractivity contribution in [2.75, 3.05) is 4.90 Å². The molecular weight excluding hydrogens is 639 g/mol. The Kier molecular flexibility index (Phi) is 6.80. The molecule has 1 aliphatic rings. The maximum atomic E-state index is 6.90. The fourth-order valence-corrected chi connectivity index (χ4v) is 8.22. The Labute approximate surface area is 301 Å². The first-order chi connectivity index (χ1) is 25.5. The van der Waals surface area contributed by atoms with Gasteiger partial charge in [-0.05, 0) is 110 Å². The number of anilines is 2. The zero-order chi connectivity index (χ0) is 34.9. The van der Waals surface area contributed by atoms with Crippen molar-refractivity contribution in [2.45, 2.75) is 27.4 Å². The molecule has 0 N–H and O–H groups in total. The van der Waals surface area contributed by atoms with Crippen LogP contribution in [0.5, 0.6) is 11.5 Å². The largest absolute Gasteiger partial charge is 0.457 e. The summed E-state index contributed by atoms with van der Waals surface area (Å²) in [5.41, 5.74) is 13.6. The summed E-state index contributed by atoms with van der Waals surface area (Å²) in [6.45, 7) is 7.19. The number of rotatable bonds is 5. The second-order valence-electron chi connectivity index (χ2n) is 13.7. The Morgan fingerprint density at radius 1 is 0.615 bits per heavy atom. The van der Waals surface area contributed by atoms with Crippen molar-refractivity contribution < 1.29 is 4.74 Å². The van der Waals surface area contributed by atoms with Crippen molar-refractivity contribution in [3.63, 3.8) is 0 Å². The van der Waals surface area contributed by atoms with Crippen LogP contribution in [0.2, 0.25) is 0 Å². The van der Waals surface area contributed by atoms with Crippen molar-refractivity contribution in [1.82, 2.24) is 19.1 Å². The lowest BCUT2D eigenvalue weighted by atomic mass is 9.93. The summed E-state index contributed by atoms with van der Waals surface area (Å²) in [6.07, 6.45) is 1.84. The Morgan fingerprint density at radius 3 is 2.21 bits per heavy atom. The molecule has 9 aromatic rings. The van der Waals surface area contributed by atoms with Gasteiger partial charge in [0.2, 0.25) is 0 Å². The number of aryl methyl sites for hydroxylation is 3. The van der Waals surface area contributed by atoms with Crippen LogP contribution in [0.4, 0.5) is 11.4 Å². The van der Waals surface area contributed by atoms with Gasteiger partial charge in [-0.15, -0.1) is 0 Å². The summed E-state index contributed by atoms with van der Waals surface area (Å²) >= 11 is 0. The normalized spacial score (nSPS) is 12.4. The molecule has 52 heavy (non-hydrogen) atoms. The highest BCUT2D eigenvalue weighted by Gasteiger charge is 2.27. The van der Waals surface area contributed by atoms with E-state index in [9.17, 15) is 0 Å². The van der Waals surface area contributed by atoms with Crippen molar-refractivity contribution in [2.24, 2.45) is 0 Å². The molecule has 0 radical (unpaired) electrons. The average molecular weight is 674 g/mol. The molecule has 0 saturated carbocycles. The number of nitrogens with zero attached hydrogens (tertiary/aromatic N) is 5. The number of para-hydroxylation sites is 4. The third-order valence-corrected chi connectivity index (χ3v) is 10.3. The predicted octanol–water partition coefficient (Wildman–Crippen LogP) is 11.7. The maximum Gasteiger partial charge on any atom is 0.144 e. The lowest BCUT2D eigenvalue weighted by molar-refractivity contribution is 0.483. The maximum absolute atomic E-state index is 6.90. The molecule has 0 spiro atoms. The van der Waals surface area contributed by atoms with Crippen LogP contribution in [0.1, 0.15) is 16.7 Å². The van der Waals surface area contributed by atoms with E-state index >= 15 is 0 Å². The quantitative estimate of drug-likeness (QED) is 0.182. The Morgan fingerprint density at radius 2 is 1.37 bits per heavy atom. The van der Waals surface area contributed by atoms with Gasteiger partial charge in [0.05, 0.1) is 27.8 Å². The van der Waals surface area contributed by atoms with Gasteiger partial charge in [-0.2, -0.15) is 0 Å². The zero-order valence-electron chi connectivity index (χ0n) is 29.2. The van der Waals surface area contributed by atoms with Gasteiger partial charge in [0.15, 0.2) is 0 Å². The molecule has 0 aliphatic carbocycles. The molecule has 0 amide bonds. The van der Waals surface area contributed by atoms with E-state index < -0.39 is 0 Å². The molecule has 0 fully saturated rings. The minimum Gasteiger partial charge on any atom is -0.457 e. The minimum atomic E-state index is 0.623. The van der Waals surface area contributed by atoms with Crippen LogP contribution < -0.4 is 9.64 Å². The van der Waals surface area contributed by atoms with E-state index in [4.69, 9.17) is 14.7 Å². The molecule has 6 aromatic carbocycles. The number of hydrogen-bond acceptors (Lipinski definition) is 4. The van der Waals surface area contributed by atoms with E-state index in [1.807, 2.05) is 24.4 Å². The molecule has 1 aliphatic heterocycles. The Balaban J connectivity index is 1.15. The molecule has 6 nitrogen and oxygen atoms in total. The first-order valence-electron chi connectivity index (χ1n) is 17.7. The number of imidazole rings is 1. The zero-order valence-corrected chi connectivity index (χ0v) is 29.2. The van der Waals surface area contributed by atoms with E-state index in [2.05, 4.69) is 156 Å². The van der Waals surface area contributed by atoms with Gasteiger partial charge in [-0.3, -0.25) is 4.57 Å². The van der Waals surface area contributed by atoms with E-state index in [-0.39, 0.29) is 0 Å². The summed E-state index contributed by atoms with van der Waals surface area (Å²) in [7, 11) is 0. The highest BCUT2D eigenvalue weighted by Crippen LogP contribution is 2.44. The Hall–Kier alpha value is -6.66. The number of ether oxygens (including phenoxy) is 1. The van der Waals surface area contributed by atoms with Gasteiger partial charge in [0.1, 0.15) is 29.8 Å². The molecule has 3 aromatic heterocycles. The van der Waals surface area contributed by atoms with Crippen LogP contribution in [0, 0.1) is 20.8 Å². The molecule has 4 heterocycles. The SMILES string of the molecule is Cc1cc(C)c(-c2cc(Oc3ccc4c5ccccc5n(-c5ccccn5)c4c3)cc(N3Cn4c(nc5ccccc54)-c4ccccc43)c2)c(C)c1. The number of fused-ring (bicyclic) bond motifs is 8.